The molecule has 3 heteroatoms. The first-order chi connectivity index (χ1) is 8.61. The van der Waals surface area contributed by atoms with Crippen LogP contribution in [0.25, 0.3) is 0 Å². The second kappa shape index (κ2) is 6.05. The Labute approximate surface area is 115 Å². The Balaban J connectivity index is 2.07. The van der Waals surface area contributed by atoms with Crippen molar-refractivity contribution in [2.24, 2.45) is 17.6 Å². The van der Waals surface area contributed by atoms with E-state index in [0.29, 0.717) is 12.0 Å². The van der Waals surface area contributed by atoms with Gasteiger partial charge in [-0.15, -0.1) is 0 Å². The van der Waals surface area contributed by atoms with E-state index in [1.54, 1.807) is 0 Å². The lowest BCUT2D eigenvalue weighted by molar-refractivity contribution is 0.0978. The van der Waals surface area contributed by atoms with Crippen molar-refractivity contribution >= 4 is 11.6 Å². The fourth-order valence-electron chi connectivity index (χ4n) is 2.81. The van der Waals surface area contributed by atoms with Crippen LogP contribution in [0.1, 0.15) is 31.9 Å². The van der Waals surface area contributed by atoms with Gasteiger partial charge in [-0.2, -0.15) is 0 Å². The molecule has 1 saturated heterocycles. The summed E-state index contributed by atoms with van der Waals surface area (Å²) in [5.74, 6) is 1.37. The second-order valence-electron chi connectivity index (χ2n) is 5.49. The molecule has 1 fully saturated rings. The Morgan fingerprint density at radius 3 is 2.94 bits per heavy atom. The van der Waals surface area contributed by atoms with Crippen LogP contribution in [0.2, 0.25) is 5.02 Å². The van der Waals surface area contributed by atoms with Crippen molar-refractivity contribution in [3.63, 3.8) is 0 Å². The monoisotopic (exact) mass is 266 g/mol. The van der Waals surface area contributed by atoms with Crippen molar-refractivity contribution in [1.82, 2.24) is 4.90 Å². The summed E-state index contributed by atoms with van der Waals surface area (Å²) in [5, 5.41) is 0.820. The number of hydrogen-bond acceptors (Lipinski definition) is 2. The Morgan fingerprint density at radius 1 is 1.50 bits per heavy atom. The molecule has 0 aromatic heterocycles. The highest BCUT2D eigenvalue weighted by Gasteiger charge is 2.28. The molecule has 0 amide bonds. The van der Waals surface area contributed by atoms with Gasteiger partial charge in [0.25, 0.3) is 0 Å². The highest BCUT2D eigenvalue weighted by molar-refractivity contribution is 6.30. The average Bonchev–Trinajstić information content (AvgIpc) is 2.38. The molecule has 100 valence electrons. The molecule has 1 heterocycles. The number of rotatable bonds is 3. The summed E-state index contributed by atoms with van der Waals surface area (Å²) in [6, 6.07) is 8.61. The Morgan fingerprint density at radius 2 is 2.28 bits per heavy atom. The summed E-state index contributed by atoms with van der Waals surface area (Å²) in [5.41, 5.74) is 7.17. The van der Waals surface area contributed by atoms with Gasteiger partial charge in [-0.1, -0.05) is 30.7 Å². The highest BCUT2D eigenvalue weighted by Crippen LogP contribution is 2.30. The predicted octanol–water partition coefficient (Wildman–Crippen LogP) is 3.32. The van der Waals surface area contributed by atoms with Crippen molar-refractivity contribution in [2.45, 2.75) is 26.3 Å². The summed E-state index contributed by atoms with van der Waals surface area (Å²) in [7, 11) is 0. The maximum absolute atomic E-state index is 6.07. The van der Waals surface area contributed by atoms with Gasteiger partial charge in [-0.3, -0.25) is 4.90 Å². The standard InChI is InChI=1S/C15H23ClN2/c1-11-6-7-18(10-14(11)9-17)12(2)13-4-3-5-15(16)8-13/h3-5,8,11-12,14H,6-7,9-10,17H2,1-2H3. The molecule has 0 aliphatic carbocycles. The van der Waals surface area contributed by atoms with Crippen LogP contribution in [0.15, 0.2) is 24.3 Å². The minimum Gasteiger partial charge on any atom is -0.330 e. The molecule has 2 rings (SSSR count). The Kier molecular flexibility index (Phi) is 4.66. The molecule has 0 bridgehead atoms. The van der Waals surface area contributed by atoms with E-state index in [4.69, 9.17) is 17.3 Å². The van der Waals surface area contributed by atoms with Gasteiger partial charge in [-0.25, -0.2) is 0 Å². The maximum atomic E-state index is 6.07. The van der Waals surface area contributed by atoms with Gasteiger partial charge in [0.05, 0.1) is 0 Å². The van der Waals surface area contributed by atoms with Gasteiger partial charge >= 0.3 is 0 Å². The minimum atomic E-state index is 0.422. The van der Waals surface area contributed by atoms with E-state index in [1.165, 1.54) is 12.0 Å². The van der Waals surface area contributed by atoms with Gasteiger partial charge < -0.3 is 5.73 Å². The smallest absolute Gasteiger partial charge is 0.0409 e. The molecular formula is C15H23ClN2. The topological polar surface area (TPSA) is 29.3 Å². The molecule has 1 aliphatic rings. The number of hydrogen-bond donors (Lipinski definition) is 1. The summed E-state index contributed by atoms with van der Waals surface area (Å²) in [6.45, 7) is 7.63. The molecule has 3 atom stereocenters. The van der Waals surface area contributed by atoms with Gasteiger partial charge in [0.2, 0.25) is 0 Å². The highest BCUT2D eigenvalue weighted by atomic mass is 35.5. The van der Waals surface area contributed by atoms with E-state index in [1.807, 2.05) is 12.1 Å². The third-order valence-corrected chi connectivity index (χ3v) is 4.56. The summed E-state index contributed by atoms with van der Waals surface area (Å²) < 4.78 is 0. The molecule has 1 aromatic rings. The van der Waals surface area contributed by atoms with Crippen molar-refractivity contribution in [3.8, 4) is 0 Å². The van der Waals surface area contributed by atoms with Crippen LogP contribution in [0.5, 0.6) is 0 Å². The molecule has 3 unspecified atom stereocenters. The normalized spacial score (nSPS) is 27.1. The third-order valence-electron chi connectivity index (χ3n) is 4.33. The van der Waals surface area contributed by atoms with Gasteiger partial charge in [0, 0.05) is 17.6 Å². The number of benzene rings is 1. The van der Waals surface area contributed by atoms with Crippen LogP contribution in [0, 0.1) is 11.8 Å². The largest absolute Gasteiger partial charge is 0.330 e. The summed E-state index contributed by atoms with van der Waals surface area (Å²) in [4.78, 5) is 2.53. The Hall–Kier alpha value is -0.570. The van der Waals surface area contributed by atoms with E-state index in [-0.39, 0.29) is 0 Å². The first-order valence-corrected chi connectivity index (χ1v) is 7.19. The van der Waals surface area contributed by atoms with Gasteiger partial charge in [-0.05, 0) is 56.0 Å². The maximum Gasteiger partial charge on any atom is 0.0409 e. The molecule has 2 nitrogen and oxygen atoms in total. The van der Waals surface area contributed by atoms with Crippen LogP contribution in [-0.4, -0.2) is 24.5 Å². The molecule has 18 heavy (non-hydrogen) atoms. The van der Waals surface area contributed by atoms with Crippen molar-refractivity contribution < 1.29 is 0 Å². The number of halogens is 1. The van der Waals surface area contributed by atoms with Crippen LogP contribution in [-0.2, 0) is 0 Å². The fourth-order valence-corrected chi connectivity index (χ4v) is 3.01. The molecular weight excluding hydrogens is 244 g/mol. The number of nitrogens with two attached hydrogens (primary N) is 1. The predicted molar refractivity (Wildman–Crippen MR) is 77.8 cm³/mol. The van der Waals surface area contributed by atoms with E-state index in [2.05, 4.69) is 30.9 Å². The van der Waals surface area contributed by atoms with E-state index in [9.17, 15) is 0 Å². The van der Waals surface area contributed by atoms with Crippen molar-refractivity contribution in [1.29, 1.82) is 0 Å². The van der Waals surface area contributed by atoms with Crippen LogP contribution in [0.3, 0.4) is 0 Å². The molecule has 1 aromatic carbocycles. The van der Waals surface area contributed by atoms with Crippen LogP contribution in [0.4, 0.5) is 0 Å². The lowest BCUT2D eigenvalue weighted by atomic mass is 9.86. The first kappa shape index (κ1) is 13.9. The molecule has 0 saturated carbocycles. The van der Waals surface area contributed by atoms with E-state index in [0.717, 1.165) is 30.6 Å². The molecule has 0 radical (unpaired) electrons. The lowest BCUT2D eigenvalue weighted by Gasteiger charge is -2.40. The van der Waals surface area contributed by atoms with E-state index < -0.39 is 0 Å². The minimum absolute atomic E-state index is 0.422. The lowest BCUT2D eigenvalue weighted by Crippen LogP contribution is -2.43. The van der Waals surface area contributed by atoms with Crippen molar-refractivity contribution in [2.75, 3.05) is 19.6 Å². The zero-order valence-corrected chi connectivity index (χ0v) is 12.0. The van der Waals surface area contributed by atoms with Crippen molar-refractivity contribution in [3.05, 3.63) is 34.9 Å². The van der Waals surface area contributed by atoms with Crippen LogP contribution < -0.4 is 5.73 Å². The average molecular weight is 267 g/mol. The molecule has 0 spiro atoms. The molecule has 2 N–H and O–H groups in total. The first-order valence-electron chi connectivity index (χ1n) is 6.81. The number of piperidine rings is 1. The fraction of sp³-hybridized carbons (Fsp3) is 0.600. The quantitative estimate of drug-likeness (QED) is 0.909. The SMILES string of the molecule is CC1CCN(C(C)c2cccc(Cl)c2)CC1CN. The summed E-state index contributed by atoms with van der Waals surface area (Å²) in [6.07, 6.45) is 1.24. The number of likely N-dealkylation sites (tertiary alicyclic amines) is 1. The van der Waals surface area contributed by atoms with Crippen LogP contribution >= 0.6 is 11.6 Å². The van der Waals surface area contributed by atoms with E-state index >= 15 is 0 Å². The second-order valence-corrected chi connectivity index (χ2v) is 5.92. The van der Waals surface area contributed by atoms with Gasteiger partial charge in [0.15, 0.2) is 0 Å². The number of nitrogens with zero attached hydrogens (tertiary/aromatic N) is 1. The zero-order valence-electron chi connectivity index (χ0n) is 11.3. The zero-order chi connectivity index (χ0) is 13.1. The summed E-state index contributed by atoms with van der Waals surface area (Å²) >= 11 is 6.07. The Bertz CT molecular complexity index is 394. The van der Waals surface area contributed by atoms with Gasteiger partial charge in [0.1, 0.15) is 0 Å². The third kappa shape index (κ3) is 3.05. The molecule has 1 aliphatic heterocycles.